The number of rotatable bonds is 3. The van der Waals surface area contributed by atoms with Crippen LogP contribution >= 0.6 is 0 Å². The Balaban J connectivity index is 1.92. The lowest BCUT2D eigenvalue weighted by Crippen LogP contribution is -2.55. The van der Waals surface area contributed by atoms with E-state index < -0.39 is 33.0 Å². The molecule has 0 radical (unpaired) electrons. The minimum atomic E-state index is -4.58. The molecule has 0 saturated carbocycles. The molecule has 2 aromatic carbocycles. The number of anilines is 1. The molecule has 28 heavy (non-hydrogen) atoms. The molecule has 0 spiro atoms. The second-order valence-corrected chi connectivity index (χ2v) is 9.20. The van der Waals surface area contributed by atoms with Crippen molar-refractivity contribution in [1.29, 1.82) is 0 Å². The molecule has 1 atom stereocenters. The van der Waals surface area contributed by atoms with Crippen molar-refractivity contribution in [2.75, 3.05) is 4.72 Å². The highest BCUT2D eigenvalue weighted by Crippen LogP contribution is 2.40. The summed E-state index contributed by atoms with van der Waals surface area (Å²) in [6.07, 6.45) is -4.41. The van der Waals surface area contributed by atoms with Crippen LogP contribution in [0.25, 0.3) is 0 Å². The Morgan fingerprint density at radius 1 is 1.11 bits per heavy atom. The van der Waals surface area contributed by atoms with Gasteiger partial charge in [-0.05, 0) is 62.7 Å². The molecule has 1 heterocycles. The number of sulfonamides is 1. The van der Waals surface area contributed by atoms with E-state index in [1.54, 1.807) is 20.8 Å². The summed E-state index contributed by atoms with van der Waals surface area (Å²) in [7, 11) is -4.13. The lowest BCUT2D eigenvalue weighted by molar-refractivity contribution is -0.137. The maximum atomic E-state index is 12.8. The smallest absolute Gasteiger partial charge is 0.416 e. The summed E-state index contributed by atoms with van der Waals surface area (Å²) >= 11 is 0. The van der Waals surface area contributed by atoms with Gasteiger partial charge in [0.25, 0.3) is 10.0 Å². The van der Waals surface area contributed by atoms with E-state index in [0.717, 1.165) is 18.2 Å². The standard InChI is InChI=1S/C19H20F3NO4S/c1-17(2)18(3,24)11-12-9-15(7-8-16(12)27-17)28(25,26)23-14-6-4-5-13(10-14)19(20,21)22/h4-10,23-24H,11H2,1-3H3. The third-order valence-electron chi connectivity index (χ3n) is 4.98. The average Bonchev–Trinajstić information content (AvgIpc) is 2.54. The molecule has 0 amide bonds. The second kappa shape index (κ2) is 6.38. The van der Waals surface area contributed by atoms with Crippen LogP contribution < -0.4 is 9.46 Å². The molecule has 0 saturated heterocycles. The summed E-state index contributed by atoms with van der Waals surface area (Å²) in [5.41, 5.74) is -2.74. The largest absolute Gasteiger partial charge is 0.485 e. The van der Waals surface area contributed by atoms with Crippen molar-refractivity contribution < 1.29 is 31.4 Å². The molecule has 9 heteroatoms. The number of hydrogen-bond donors (Lipinski definition) is 2. The van der Waals surface area contributed by atoms with Gasteiger partial charge in [0.1, 0.15) is 17.0 Å². The number of fused-ring (bicyclic) bond motifs is 1. The van der Waals surface area contributed by atoms with Gasteiger partial charge >= 0.3 is 6.18 Å². The van der Waals surface area contributed by atoms with Crippen LogP contribution in [-0.2, 0) is 22.6 Å². The Bertz CT molecular complexity index is 1010. The fourth-order valence-corrected chi connectivity index (χ4v) is 4.00. The average molecular weight is 415 g/mol. The van der Waals surface area contributed by atoms with Gasteiger partial charge < -0.3 is 9.84 Å². The molecular formula is C19H20F3NO4S. The number of nitrogens with one attached hydrogen (secondary N) is 1. The summed E-state index contributed by atoms with van der Waals surface area (Å²) in [4.78, 5) is -0.136. The van der Waals surface area contributed by atoms with Crippen molar-refractivity contribution in [3.05, 3.63) is 53.6 Å². The van der Waals surface area contributed by atoms with Crippen molar-refractivity contribution in [2.45, 2.75) is 49.5 Å². The first kappa shape index (κ1) is 20.5. The van der Waals surface area contributed by atoms with Crippen LogP contribution in [0.3, 0.4) is 0 Å². The summed E-state index contributed by atoms with van der Waals surface area (Å²) in [6, 6.07) is 8.10. The van der Waals surface area contributed by atoms with Gasteiger partial charge in [0.15, 0.2) is 0 Å². The van der Waals surface area contributed by atoms with Crippen molar-refractivity contribution >= 4 is 15.7 Å². The zero-order valence-corrected chi connectivity index (χ0v) is 16.3. The minimum Gasteiger partial charge on any atom is -0.485 e. The predicted octanol–water partition coefficient (Wildman–Crippen LogP) is 3.97. The third-order valence-corrected chi connectivity index (χ3v) is 6.36. The molecule has 1 aliphatic rings. The number of alkyl halides is 3. The third kappa shape index (κ3) is 3.81. The summed E-state index contributed by atoms with van der Waals surface area (Å²) < 4.78 is 71.7. The van der Waals surface area contributed by atoms with E-state index in [4.69, 9.17) is 4.74 Å². The molecule has 2 aromatic rings. The summed E-state index contributed by atoms with van der Waals surface area (Å²) in [5.74, 6) is 0.453. The Labute approximate surface area is 161 Å². The highest BCUT2D eigenvalue weighted by molar-refractivity contribution is 7.92. The van der Waals surface area contributed by atoms with Crippen LogP contribution in [0.1, 0.15) is 31.9 Å². The summed E-state index contributed by atoms with van der Waals surface area (Å²) in [5, 5.41) is 10.6. The Morgan fingerprint density at radius 3 is 2.43 bits per heavy atom. The monoisotopic (exact) mass is 415 g/mol. The number of ether oxygens (including phenoxy) is 1. The van der Waals surface area contributed by atoms with Crippen molar-refractivity contribution in [1.82, 2.24) is 0 Å². The van der Waals surface area contributed by atoms with Crippen LogP contribution in [0.5, 0.6) is 5.75 Å². The van der Waals surface area contributed by atoms with Crippen molar-refractivity contribution in [2.24, 2.45) is 0 Å². The molecule has 1 aliphatic heterocycles. The molecule has 152 valence electrons. The number of halogens is 3. The number of benzene rings is 2. The van der Waals surface area contributed by atoms with Crippen molar-refractivity contribution in [3.8, 4) is 5.75 Å². The maximum absolute atomic E-state index is 12.8. The van der Waals surface area contributed by atoms with Gasteiger partial charge in [0.05, 0.1) is 10.5 Å². The Hall–Kier alpha value is -2.26. The van der Waals surface area contributed by atoms with Gasteiger partial charge in [0, 0.05) is 12.1 Å². The molecule has 0 fully saturated rings. The van der Waals surface area contributed by atoms with E-state index in [9.17, 15) is 26.7 Å². The van der Waals surface area contributed by atoms with Gasteiger partial charge in [-0.2, -0.15) is 13.2 Å². The molecule has 5 nitrogen and oxygen atoms in total. The second-order valence-electron chi connectivity index (χ2n) is 7.52. The van der Waals surface area contributed by atoms with Crippen LogP contribution in [-0.4, -0.2) is 24.7 Å². The maximum Gasteiger partial charge on any atom is 0.416 e. The first-order valence-corrected chi connectivity index (χ1v) is 9.94. The number of hydrogen-bond acceptors (Lipinski definition) is 4. The topological polar surface area (TPSA) is 75.6 Å². The van der Waals surface area contributed by atoms with E-state index in [-0.39, 0.29) is 17.0 Å². The van der Waals surface area contributed by atoms with Gasteiger partial charge in [0.2, 0.25) is 0 Å². The zero-order valence-electron chi connectivity index (χ0n) is 15.5. The van der Waals surface area contributed by atoms with Gasteiger partial charge in [-0.1, -0.05) is 6.07 Å². The van der Waals surface area contributed by atoms with E-state index >= 15 is 0 Å². The molecule has 0 aliphatic carbocycles. The van der Waals surface area contributed by atoms with E-state index in [1.807, 2.05) is 0 Å². The normalized spacial score (nSPS) is 21.5. The first-order chi connectivity index (χ1) is 12.7. The molecule has 1 unspecified atom stereocenters. The highest BCUT2D eigenvalue weighted by Gasteiger charge is 2.45. The molecule has 3 rings (SSSR count). The highest BCUT2D eigenvalue weighted by atomic mass is 32.2. The molecule has 2 N–H and O–H groups in total. The van der Waals surface area contributed by atoms with Gasteiger partial charge in [-0.15, -0.1) is 0 Å². The van der Waals surface area contributed by atoms with E-state index in [0.29, 0.717) is 11.3 Å². The minimum absolute atomic E-state index is 0.136. The van der Waals surface area contributed by atoms with E-state index in [2.05, 4.69) is 4.72 Å². The lowest BCUT2D eigenvalue weighted by Gasteiger charge is -2.44. The lowest BCUT2D eigenvalue weighted by atomic mass is 9.79. The summed E-state index contributed by atoms with van der Waals surface area (Å²) in [6.45, 7) is 5.06. The fourth-order valence-electron chi connectivity index (χ4n) is 2.90. The van der Waals surface area contributed by atoms with E-state index in [1.165, 1.54) is 24.3 Å². The zero-order chi connectivity index (χ0) is 21.0. The first-order valence-electron chi connectivity index (χ1n) is 8.46. The Morgan fingerprint density at radius 2 is 1.79 bits per heavy atom. The quantitative estimate of drug-likeness (QED) is 0.796. The van der Waals surface area contributed by atoms with Crippen LogP contribution in [0.4, 0.5) is 18.9 Å². The SMILES string of the molecule is CC1(O)Cc2cc(S(=O)(=O)Nc3cccc(C(F)(F)F)c3)ccc2OC1(C)C. The molecule has 0 aromatic heterocycles. The fraction of sp³-hybridized carbons (Fsp3) is 0.368. The van der Waals surface area contributed by atoms with Crippen LogP contribution in [0.2, 0.25) is 0 Å². The van der Waals surface area contributed by atoms with Gasteiger partial charge in [-0.3, -0.25) is 4.72 Å². The molecule has 0 bridgehead atoms. The Kier molecular flexibility index (Phi) is 4.67. The predicted molar refractivity (Wildman–Crippen MR) is 97.7 cm³/mol. The van der Waals surface area contributed by atoms with Gasteiger partial charge in [-0.25, -0.2) is 8.42 Å². The van der Waals surface area contributed by atoms with Crippen LogP contribution in [0, 0.1) is 0 Å². The van der Waals surface area contributed by atoms with Crippen molar-refractivity contribution in [3.63, 3.8) is 0 Å². The number of aliphatic hydroxyl groups is 1. The molecular weight excluding hydrogens is 395 g/mol. The van der Waals surface area contributed by atoms with Crippen LogP contribution in [0.15, 0.2) is 47.4 Å².